The van der Waals surface area contributed by atoms with Gasteiger partial charge in [-0.2, -0.15) is 18.4 Å². The number of alkyl halides is 3. The summed E-state index contributed by atoms with van der Waals surface area (Å²) in [4.78, 5) is 31.2. The van der Waals surface area contributed by atoms with E-state index in [9.17, 15) is 31.2 Å². The maximum absolute atomic E-state index is 15.0. The van der Waals surface area contributed by atoms with Crippen LogP contribution in [0.25, 0.3) is 0 Å². The number of halogens is 5. The summed E-state index contributed by atoms with van der Waals surface area (Å²) in [5.74, 6) is -5.56. The second-order valence-corrected chi connectivity index (χ2v) is 12.9. The van der Waals surface area contributed by atoms with Crippen LogP contribution < -0.4 is 13.9 Å². The number of ether oxygens (including phenoxy) is 1. The Bertz CT molecular complexity index is 2100. The maximum Gasteiger partial charge on any atom is 0.490 e. The molecule has 2 aliphatic rings. The van der Waals surface area contributed by atoms with Crippen molar-refractivity contribution in [2.45, 2.75) is 23.5 Å². The van der Waals surface area contributed by atoms with Crippen molar-refractivity contribution >= 4 is 33.3 Å². The molecule has 11 nitrogen and oxygen atoms in total. The largest absolute Gasteiger partial charge is 0.493 e. The first kappa shape index (κ1) is 36.7. The number of rotatable bonds is 7. The van der Waals surface area contributed by atoms with Crippen LogP contribution in [0.5, 0.6) is 5.75 Å². The molecule has 0 spiro atoms. The number of anilines is 2. The lowest BCUT2D eigenvalue weighted by atomic mass is 9.80. The SMILES string of the molecule is CCOc1ccccc1C1(N2CCN(c3ccncc3)CC2)C(=O)N(S(=O)(=O)c2ccc(F)cc2F)c2ccc(C#N)cc21.O=C(O)C(F)(F)F. The fourth-order valence-electron chi connectivity index (χ4n) is 6.10. The van der Waals surface area contributed by atoms with Gasteiger partial charge in [0.1, 0.15) is 22.3 Å². The van der Waals surface area contributed by atoms with Crippen LogP contribution in [0, 0.1) is 23.0 Å². The molecule has 1 unspecified atom stereocenters. The van der Waals surface area contributed by atoms with Crippen molar-refractivity contribution < 1.29 is 49.8 Å². The number of nitrogens with zero attached hydrogens (tertiary/aromatic N) is 5. The number of pyridine rings is 1. The lowest BCUT2D eigenvalue weighted by molar-refractivity contribution is -0.192. The van der Waals surface area contributed by atoms with Gasteiger partial charge in [-0.25, -0.2) is 26.3 Å². The number of amides is 1. The lowest BCUT2D eigenvalue weighted by Gasteiger charge is -2.46. The summed E-state index contributed by atoms with van der Waals surface area (Å²) >= 11 is 0. The van der Waals surface area contributed by atoms with Crippen molar-refractivity contribution in [3.63, 3.8) is 0 Å². The van der Waals surface area contributed by atoms with Gasteiger partial charge in [0.15, 0.2) is 5.54 Å². The zero-order valence-corrected chi connectivity index (χ0v) is 27.5. The molecule has 0 radical (unpaired) electrons. The molecule has 3 aromatic carbocycles. The van der Waals surface area contributed by atoms with E-state index in [1.54, 1.807) is 43.6 Å². The van der Waals surface area contributed by atoms with Gasteiger partial charge in [0.2, 0.25) is 0 Å². The minimum atomic E-state index is -5.08. The molecule has 1 atom stereocenters. The van der Waals surface area contributed by atoms with Crippen LogP contribution in [0.3, 0.4) is 0 Å². The minimum Gasteiger partial charge on any atom is -0.493 e. The van der Waals surface area contributed by atoms with E-state index in [-0.39, 0.29) is 23.4 Å². The molecule has 1 amide bonds. The van der Waals surface area contributed by atoms with Gasteiger partial charge in [0, 0.05) is 61.5 Å². The highest BCUT2D eigenvalue weighted by molar-refractivity contribution is 7.93. The van der Waals surface area contributed by atoms with E-state index in [1.807, 2.05) is 17.0 Å². The smallest absolute Gasteiger partial charge is 0.490 e. The molecule has 6 rings (SSSR count). The Morgan fingerprint density at radius 2 is 1.63 bits per heavy atom. The van der Waals surface area contributed by atoms with Crippen molar-refractivity contribution in [2.75, 3.05) is 42.0 Å². The molecular formula is C34H28F5N5O6S. The highest BCUT2D eigenvalue weighted by Gasteiger charge is 2.61. The number of nitriles is 1. The van der Waals surface area contributed by atoms with Gasteiger partial charge in [0.05, 0.1) is 23.9 Å². The van der Waals surface area contributed by atoms with Crippen molar-refractivity contribution in [2.24, 2.45) is 0 Å². The first-order valence-corrected chi connectivity index (χ1v) is 16.6. The van der Waals surface area contributed by atoms with Crippen molar-refractivity contribution in [1.82, 2.24) is 9.88 Å². The summed E-state index contributed by atoms with van der Waals surface area (Å²) in [6.45, 7) is 3.69. The number of carbonyl (C=O) groups excluding carboxylic acids is 1. The molecule has 1 N–H and O–H groups in total. The van der Waals surface area contributed by atoms with Crippen LogP contribution in [0.4, 0.5) is 33.3 Å². The number of carboxylic acids is 1. The Kier molecular flexibility index (Phi) is 10.3. The number of aliphatic carboxylic acids is 1. The predicted molar refractivity (Wildman–Crippen MR) is 172 cm³/mol. The van der Waals surface area contributed by atoms with Gasteiger partial charge in [-0.1, -0.05) is 18.2 Å². The first-order valence-electron chi connectivity index (χ1n) is 15.2. The molecule has 1 saturated heterocycles. The standard InChI is InChI=1S/C32H27F2N5O4S.C2HF3O2/c1-2-43-29-6-4-3-5-25(29)32(38-17-15-37(16-18-38)24-11-13-36-14-12-24)26-19-22(21-35)7-9-28(26)39(31(32)40)44(41,42)30-10-8-23(33)20-27(30)34;3-2(4,5)1(6)7/h3-14,19-20H,2,15-18H2,1H3;(H,6,7). The fraction of sp³-hybridized carbons (Fsp3) is 0.235. The van der Waals surface area contributed by atoms with E-state index in [0.29, 0.717) is 47.9 Å². The average Bonchev–Trinajstić information content (AvgIpc) is 3.37. The molecule has 1 aromatic heterocycles. The summed E-state index contributed by atoms with van der Waals surface area (Å²) in [7, 11) is -4.89. The molecule has 0 saturated carbocycles. The third kappa shape index (κ3) is 6.79. The van der Waals surface area contributed by atoms with Gasteiger partial charge < -0.3 is 14.7 Å². The van der Waals surface area contributed by atoms with Crippen LogP contribution in [-0.4, -0.2) is 74.2 Å². The number of benzene rings is 3. The Balaban J connectivity index is 0.000000654. The number of sulfonamides is 1. The number of para-hydroxylation sites is 1. The van der Waals surface area contributed by atoms with Gasteiger partial charge in [-0.3, -0.25) is 14.7 Å². The Hall–Kier alpha value is -5.60. The fourth-order valence-corrected chi connectivity index (χ4v) is 7.61. The molecule has 0 aliphatic carbocycles. The summed E-state index contributed by atoms with van der Waals surface area (Å²) < 4.78 is 95.4. The predicted octanol–water partition coefficient (Wildman–Crippen LogP) is 5.06. The number of carbonyl (C=O) groups is 2. The van der Waals surface area contributed by atoms with Crippen molar-refractivity contribution in [1.29, 1.82) is 5.26 Å². The normalized spacial score (nSPS) is 17.6. The quantitative estimate of drug-likeness (QED) is 0.256. The molecule has 1 fully saturated rings. The molecule has 2 aliphatic heterocycles. The average molecular weight is 730 g/mol. The van der Waals surface area contributed by atoms with Crippen LogP contribution >= 0.6 is 0 Å². The molecule has 3 heterocycles. The number of hydrogen-bond acceptors (Lipinski definition) is 9. The van der Waals surface area contributed by atoms with Gasteiger partial charge in [-0.15, -0.1) is 0 Å². The monoisotopic (exact) mass is 729 g/mol. The highest BCUT2D eigenvalue weighted by atomic mass is 32.2. The maximum atomic E-state index is 15.0. The van der Waals surface area contributed by atoms with E-state index in [1.165, 1.54) is 18.2 Å². The second kappa shape index (κ2) is 14.3. The van der Waals surface area contributed by atoms with Crippen LogP contribution in [0.1, 0.15) is 23.6 Å². The van der Waals surface area contributed by atoms with Crippen molar-refractivity contribution in [3.8, 4) is 11.8 Å². The van der Waals surface area contributed by atoms with Gasteiger partial charge >= 0.3 is 12.1 Å². The molecular weight excluding hydrogens is 701 g/mol. The zero-order chi connectivity index (χ0) is 37.1. The zero-order valence-electron chi connectivity index (χ0n) is 26.6. The van der Waals surface area contributed by atoms with Crippen molar-refractivity contribution in [3.05, 3.63) is 114 Å². The van der Waals surface area contributed by atoms with Crippen LogP contribution in [0.2, 0.25) is 0 Å². The Labute approximate surface area is 288 Å². The topological polar surface area (TPSA) is 144 Å². The number of piperazine rings is 1. The summed E-state index contributed by atoms with van der Waals surface area (Å²) in [5.41, 5.74) is -0.000604. The van der Waals surface area contributed by atoms with E-state index in [0.717, 1.165) is 17.8 Å². The number of carboxylic acid groups (broad SMARTS) is 1. The summed E-state index contributed by atoms with van der Waals surface area (Å²) in [6, 6.07) is 19.1. The van der Waals surface area contributed by atoms with E-state index >= 15 is 9.18 Å². The Morgan fingerprint density at radius 3 is 2.22 bits per heavy atom. The molecule has 17 heteroatoms. The van der Waals surface area contributed by atoms with E-state index < -0.39 is 50.1 Å². The summed E-state index contributed by atoms with van der Waals surface area (Å²) in [6.07, 6.45) is -1.70. The molecule has 0 bridgehead atoms. The van der Waals surface area contributed by atoms with Crippen LogP contribution in [-0.2, 0) is 25.2 Å². The minimum absolute atomic E-state index is 0.0272. The Morgan fingerprint density at radius 1 is 0.980 bits per heavy atom. The van der Waals surface area contributed by atoms with E-state index in [2.05, 4.69) is 16.0 Å². The van der Waals surface area contributed by atoms with Gasteiger partial charge in [0.25, 0.3) is 15.9 Å². The lowest BCUT2D eigenvalue weighted by Crippen LogP contribution is -2.60. The molecule has 266 valence electrons. The second-order valence-electron chi connectivity index (χ2n) is 11.1. The summed E-state index contributed by atoms with van der Waals surface area (Å²) in [5, 5.41) is 17.0. The third-order valence-corrected chi connectivity index (χ3v) is 9.97. The number of aromatic nitrogens is 1. The van der Waals surface area contributed by atoms with Gasteiger partial charge in [-0.05, 0) is 55.5 Å². The first-order chi connectivity index (χ1) is 24.2. The number of fused-ring (bicyclic) bond motifs is 1. The van der Waals surface area contributed by atoms with Crippen LogP contribution in [0.15, 0.2) is 90.1 Å². The highest BCUT2D eigenvalue weighted by Crippen LogP contribution is 2.53. The molecule has 4 aromatic rings. The third-order valence-electron chi connectivity index (χ3n) is 8.24. The van der Waals surface area contributed by atoms with E-state index in [4.69, 9.17) is 14.6 Å². The number of hydrogen-bond donors (Lipinski definition) is 1. The molecule has 51 heavy (non-hydrogen) atoms.